The molecule has 0 spiro atoms. The number of carbonyl (C=O) groups excluding carboxylic acids is 1. The number of ether oxygens (including phenoxy) is 3. The summed E-state index contributed by atoms with van der Waals surface area (Å²) in [6.07, 6.45) is 7.88. The number of rotatable bonds is 14. The number of cyclic esters (lactones) is 1. The lowest BCUT2D eigenvalue weighted by Gasteiger charge is -2.39. The molecular weight excluding hydrogens is 484 g/mol. The molecule has 1 N–H and O–H groups in total. The lowest BCUT2D eigenvalue weighted by atomic mass is 9.98. The van der Waals surface area contributed by atoms with Crippen LogP contribution in [0.2, 0.25) is 18.1 Å². The van der Waals surface area contributed by atoms with Gasteiger partial charge < -0.3 is 23.7 Å². The minimum absolute atomic E-state index is 0.171. The van der Waals surface area contributed by atoms with Crippen LogP contribution in [0.1, 0.15) is 108 Å². The Hall–Kier alpha value is -2.01. The van der Waals surface area contributed by atoms with Crippen LogP contribution >= 0.6 is 0 Å². The van der Waals surface area contributed by atoms with Crippen LogP contribution in [0.25, 0.3) is 0 Å². The zero-order valence-corrected chi connectivity index (χ0v) is 25.2. The summed E-state index contributed by atoms with van der Waals surface area (Å²) in [6.45, 7) is 13.2. The average Bonchev–Trinajstić information content (AvgIpc) is 3.14. The molecule has 3 atom stereocenters. The molecule has 0 fully saturated rings. The molecule has 0 saturated carbocycles. The Morgan fingerprint density at radius 2 is 1.76 bits per heavy atom. The highest BCUT2D eigenvalue weighted by molar-refractivity contribution is 6.74. The van der Waals surface area contributed by atoms with E-state index in [2.05, 4.69) is 45.7 Å². The number of fused-ring (bicyclic) bond motifs is 1. The molecule has 0 aromatic heterocycles. The van der Waals surface area contributed by atoms with Crippen molar-refractivity contribution in [2.24, 2.45) is 0 Å². The molecule has 0 bridgehead atoms. The van der Waals surface area contributed by atoms with Gasteiger partial charge in [-0.1, -0.05) is 33.6 Å². The van der Waals surface area contributed by atoms with Gasteiger partial charge in [0.15, 0.2) is 8.32 Å². The van der Waals surface area contributed by atoms with Crippen molar-refractivity contribution in [1.82, 2.24) is 0 Å². The van der Waals surface area contributed by atoms with Crippen molar-refractivity contribution in [3.63, 3.8) is 0 Å². The highest BCUT2D eigenvalue weighted by atomic mass is 28.4. The summed E-state index contributed by atoms with van der Waals surface area (Å²) in [5.41, 5.74) is 1.38. The van der Waals surface area contributed by atoms with Gasteiger partial charge in [-0.25, -0.2) is 4.79 Å². The van der Waals surface area contributed by atoms with Crippen LogP contribution in [-0.2, 0) is 9.16 Å². The summed E-state index contributed by atoms with van der Waals surface area (Å²) >= 11 is 0. The van der Waals surface area contributed by atoms with E-state index < -0.39 is 8.32 Å². The average molecular weight is 533 g/mol. The van der Waals surface area contributed by atoms with E-state index in [0.29, 0.717) is 23.5 Å². The minimum atomic E-state index is -1.86. The van der Waals surface area contributed by atoms with Crippen LogP contribution in [0.4, 0.5) is 0 Å². The molecule has 1 aliphatic rings. The molecular formula is C30H48O6Si. The Morgan fingerprint density at radius 3 is 2.38 bits per heavy atom. The molecule has 37 heavy (non-hydrogen) atoms. The second-order valence-corrected chi connectivity index (χ2v) is 16.4. The van der Waals surface area contributed by atoms with Gasteiger partial charge in [0.05, 0.1) is 20.3 Å². The normalized spacial score (nSPS) is 16.9. The van der Waals surface area contributed by atoms with Crippen molar-refractivity contribution in [1.29, 1.82) is 0 Å². The molecule has 1 aromatic rings. The summed E-state index contributed by atoms with van der Waals surface area (Å²) in [5.74, 6) is 7.09. The SMILES string of the molecule is COc1cc(OC)c2c(c1)[C@@H](CCCCC[C@H](CCCC#CC[C@@H](C)O)O[Si](C)(C)C(C)(C)C)OC2=O. The molecule has 1 aliphatic heterocycles. The predicted octanol–water partition coefficient (Wildman–Crippen LogP) is 7.20. The zero-order valence-electron chi connectivity index (χ0n) is 24.2. The molecule has 0 saturated heterocycles. The third-order valence-electron chi connectivity index (χ3n) is 7.47. The van der Waals surface area contributed by atoms with E-state index >= 15 is 0 Å². The first-order valence-electron chi connectivity index (χ1n) is 13.7. The van der Waals surface area contributed by atoms with Crippen LogP contribution in [0.15, 0.2) is 12.1 Å². The fourth-order valence-corrected chi connectivity index (χ4v) is 5.71. The molecule has 7 heteroatoms. The number of aliphatic hydroxyl groups is 1. The van der Waals surface area contributed by atoms with Crippen molar-refractivity contribution in [3.05, 3.63) is 23.3 Å². The Bertz CT molecular complexity index is 938. The molecule has 0 amide bonds. The van der Waals surface area contributed by atoms with Gasteiger partial charge in [-0.3, -0.25) is 0 Å². The third-order valence-corrected chi connectivity index (χ3v) is 12.0. The molecule has 1 aromatic carbocycles. The van der Waals surface area contributed by atoms with Crippen molar-refractivity contribution >= 4 is 14.3 Å². The lowest BCUT2D eigenvalue weighted by molar-refractivity contribution is 0.0361. The van der Waals surface area contributed by atoms with E-state index in [0.717, 1.165) is 56.9 Å². The fourth-order valence-electron chi connectivity index (χ4n) is 4.29. The molecule has 0 radical (unpaired) electrons. The molecule has 208 valence electrons. The van der Waals surface area contributed by atoms with Gasteiger partial charge in [-0.15, -0.1) is 11.8 Å². The predicted molar refractivity (Wildman–Crippen MR) is 151 cm³/mol. The first-order valence-corrected chi connectivity index (χ1v) is 16.6. The Labute approximate surface area is 225 Å². The Balaban J connectivity index is 1.90. The van der Waals surface area contributed by atoms with Gasteiger partial charge in [-0.2, -0.15) is 0 Å². The van der Waals surface area contributed by atoms with E-state index in [1.165, 1.54) is 0 Å². The van der Waals surface area contributed by atoms with Gasteiger partial charge in [-0.05, 0) is 63.2 Å². The van der Waals surface area contributed by atoms with E-state index in [9.17, 15) is 9.90 Å². The summed E-state index contributed by atoms with van der Waals surface area (Å²) in [6, 6.07) is 3.62. The lowest BCUT2D eigenvalue weighted by Crippen LogP contribution is -2.44. The van der Waals surface area contributed by atoms with Crippen LogP contribution in [-0.4, -0.2) is 45.8 Å². The second-order valence-electron chi connectivity index (χ2n) is 11.6. The van der Waals surface area contributed by atoms with E-state index in [-0.39, 0.29) is 29.3 Å². The second kappa shape index (κ2) is 14.2. The summed E-state index contributed by atoms with van der Waals surface area (Å²) < 4.78 is 23.3. The van der Waals surface area contributed by atoms with Crippen molar-refractivity contribution in [2.75, 3.05) is 14.2 Å². The number of methoxy groups -OCH3 is 2. The fraction of sp³-hybridized carbons (Fsp3) is 0.700. The number of aliphatic hydroxyl groups excluding tert-OH is 1. The monoisotopic (exact) mass is 532 g/mol. The quantitative estimate of drug-likeness (QED) is 0.118. The van der Waals surface area contributed by atoms with Gasteiger partial charge in [0.2, 0.25) is 0 Å². The molecule has 1 heterocycles. The smallest absolute Gasteiger partial charge is 0.342 e. The first kappa shape index (κ1) is 31.2. The Morgan fingerprint density at radius 1 is 1.05 bits per heavy atom. The number of esters is 1. The van der Waals surface area contributed by atoms with Crippen LogP contribution < -0.4 is 9.47 Å². The van der Waals surface area contributed by atoms with Crippen molar-refractivity contribution in [2.45, 2.75) is 122 Å². The summed E-state index contributed by atoms with van der Waals surface area (Å²) in [4.78, 5) is 12.5. The number of unbranched alkanes of at least 4 members (excludes halogenated alkanes) is 3. The van der Waals surface area contributed by atoms with Crippen LogP contribution in [0.5, 0.6) is 11.5 Å². The number of hydrogen-bond acceptors (Lipinski definition) is 6. The third kappa shape index (κ3) is 9.35. The highest BCUT2D eigenvalue weighted by Crippen LogP contribution is 2.42. The van der Waals surface area contributed by atoms with Crippen LogP contribution in [0.3, 0.4) is 0 Å². The molecule has 6 nitrogen and oxygen atoms in total. The van der Waals surface area contributed by atoms with E-state index in [1.54, 1.807) is 27.2 Å². The maximum Gasteiger partial charge on any atom is 0.342 e. The summed E-state index contributed by atoms with van der Waals surface area (Å²) in [5, 5.41) is 9.54. The van der Waals surface area contributed by atoms with E-state index in [4.69, 9.17) is 18.6 Å². The maximum absolute atomic E-state index is 12.5. The standard InChI is InChI=1S/C30H48O6Si/c1-22(31)16-12-9-10-13-17-23(36-37(7,8)30(2,3)4)18-14-11-15-19-26-25-20-24(33-5)21-27(34-6)28(25)29(32)35-26/h20-23,26,31H,10-11,13-19H2,1-8H3/t22-,23+,26-/m1/s1. The van der Waals surface area contributed by atoms with Gasteiger partial charge in [0.25, 0.3) is 0 Å². The molecule has 2 rings (SSSR count). The largest absolute Gasteiger partial charge is 0.497 e. The molecule has 0 unspecified atom stereocenters. The van der Waals surface area contributed by atoms with Crippen molar-refractivity contribution in [3.8, 4) is 23.3 Å². The molecule has 0 aliphatic carbocycles. The van der Waals surface area contributed by atoms with Gasteiger partial charge >= 0.3 is 5.97 Å². The summed E-state index contributed by atoms with van der Waals surface area (Å²) in [7, 11) is 1.30. The maximum atomic E-state index is 12.5. The minimum Gasteiger partial charge on any atom is -0.497 e. The Kier molecular flexibility index (Phi) is 12.0. The number of hydrogen-bond donors (Lipinski definition) is 1. The highest BCUT2D eigenvalue weighted by Gasteiger charge is 2.39. The number of carbonyl (C=O) groups is 1. The zero-order chi connectivity index (χ0) is 27.6. The topological polar surface area (TPSA) is 74.2 Å². The van der Waals surface area contributed by atoms with Crippen molar-refractivity contribution < 1.29 is 28.5 Å². The van der Waals surface area contributed by atoms with Gasteiger partial charge in [0, 0.05) is 30.6 Å². The van der Waals surface area contributed by atoms with E-state index in [1.807, 2.05) is 6.07 Å². The van der Waals surface area contributed by atoms with Gasteiger partial charge in [0.1, 0.15) is 23.2 Å². The first-order chi connectivity index (χ1) is 17.4. The van der Waals surface area contributed by atoms with Crippen LogP contribution in [0, 0.1) is 11.8 Å². The number of benzene rings is 1.